The third kappa shape index (κ3) is 3.77. The third-order valence-corrected chi connectivity index (χ3v) is 3.95. The first-order valence-corrected chi connectivity index (χ1v) is 7.04. The molecule has 0 saturated carbocycles. The largest absolute Gasteiger partial charge is 0.462 e. The predicted octanol–water partition coefficient (Wildman–Crippen LogP) is 5.11. The highest BCUT2D eigenvalue weighted by molar-refractivity contribution is 9.10. The van der Waals surface area contributed by atoms with E-state index in [-0.39, 0.29) is 4.68 Å². The summed E-state index contributed by atoms with van der Waals surface area (Å²) in [6.07, 6.45) is -20.7. The summed E-state index contributed by atoms with van der Waals surface area (Å²) in [5.41, 5.74) is -2.81. The van der Waals surface area contributed by atoms with E-state index in [0.29, 0.717) is 6.92 Å². The quantitative estimate of drug-likeness (QED) is 0.556. The normalized spacial score (nSPS) is 16.4. The molecule has 0 saturated heterocycles. The first kappa shape index (κ1) is 23.6. The van der Waals surface area contributed by atoms with Gasteiger partial charge in [-0.3, -0.25) is 9.53 Å². The van der Waals surface area contributed by atoms with Gasteiger partial charge in [-0.15, -0.1) is 0 Å². The molecule has 1 aromatic heterocycles. The van der Waals surface area contributed by atoms with E-state index in [9.17, 15) is 53.1 Å². The van der Waals surface area contributed by atoms with E-state index in [1.165, 1.54) is 0 Å². The molecule has 4 nitrogen and oxygen atoms in total. The number of halogens is 12. The minimum Gasteiger partial charge on any atom is -0.273 e. The summed E-state index contributed by atoms with van der Waals surface area (Å²) in [5.74, 6) is -14.3. The van der Waals surface area contributed by atoms with E-state index in [1.807, 2.05) is 0 Å². The van der Waals surface area contributed by atoms with Crippen molar-refractivity contribution in [3.8, 4) is 0 Å². The lowest BCUT2D eigenvalue weighted by atomic mass is 10.2. The molecule has 1 aromatic rings. The van der Waals surface area contributed by atoms with Gasteiger partial charge in [0.15, 0.2) is 5.69 Å². The number of nitrogens with zero attached hydrogens (tertiary/aromatic N) is 2. The highest BCUT2D eigenvalue weighted by Crippen LogP contribution is 2.54. The number of carbonyl (C=O) groups is 1. The van der Waals surface area contributed by atoms with Gasteiger partial charge in [0.05, 0.1) is 10.2 Å². The molecule has 0 radical (unpaired) electrons. The van der Waals surface area contributed by atoms with Gasteiger partial charge < -0.3 is 0 Å². The highest BCUT2D eigenvalue weighted by atomic mass is 79.9. The fraction of sp³-hybridized carbons (Fsp3) is 0.636. The molecule has 27 heavy (non-hydrogen) atoms. The second-order valence-electron chi connectivity index (χ2n) is 4.96. The Morgan fingerprint density at radius 1 is 0.963 bits per heavy atom. The Hall–Kier alpha value is -1.45. The summed E-state index contributed by atoms with van der Waals surface area (Å²) >= 11 is 2.28. The zero-order valence-corrected chi connectivity index (χ0v) is 14.3. The number of hydrogen-bond acceptors (Lipinski definition) is 3. The summed E-state index contributed by atoms with van der Waals surface area (Å²) in [5, 5.41) is 2.72. The lowest BCUT2D eigenvalue weighted by Crippen LogP contribution is -2.58. The number of hydrogen-bond donors (Lipinski definition) is 0. The van der Waals surface area contributed by atoms with Crippen LogP contribution in [0.1, 0.15) is 23.1 Å². The number of aromatic nitrogens is 2. The molecule has 0 spiro atoms. The monoisotopic (exact) mass is 486 g/mol. The zero-order valence-electron chi connectivity index (χ0n) is 12.7. The molecular formula is C11H6BrF11N2O2. The van der Waals surface area contributed by atoms with E-state index in [2.05, 4.69) is 25.8 Å². The Kier molecular flexibility index (Phi) is 5.73. The van der Waals surface area contributed by atoms with Gasteiger partial charge in [-0.2, -0.15) is 53.4 Å². The zero-order chi connectivity index (χ0) is 21.8. The van der Waals surface area contributed by atoms with Crippen LogP contribution >= 0.6 is 15.9 Å². The molecule has 0 fully saturated rings. The number of alkyl halides is 11. The van der Waals surface area contributed by atoms with Gasteiger partial charge in [-0.25, -0.2) is 4.68 Å². The first-order chi connectivity index (χ1) is 11.7. The topological polar surface area (TPSA) is 44.1 Å². The van der Waals surface area contributed by atoms with Gasteiger partial charge in [0.1, 0.15) is 0 Å². The van der Waals surface area contributed by atoms with Crippen molar-refractivity contribution in [3.05, 3.63) is 15.9 Å². The number of carbonyl (C=O) groups excluding carboxylic acids is 1. The summed E-state index contributed by atoms with van der Waals surface area (Å²) in [6.45, 7) is 1.55. The van der Waals surface area contributed by atoms with Crippen LogP contribution in [0.3, 0.4) is 0 Å². The SMILES string of the molecule is CC(=O)n1nc([C@@](F)(OC(F)(F)C(F)(F)C(F)(F)F)C(F)(F)F)c(Br)c1C. The van der Waals surface area contributed by atoms with Crippen LogP contribution in [-0.2, 0) is 10.6 Å². The predicted molar refractivity (Wildman–Crippen MR) is 66.8 cm³/mol. The molecule has 156 valence electrons. The van der Waals surface area contributed by atoms with Crippen molar-refractivity contribution in [1.82, 2.24) is 9.78 Å². The molecule has 0 aliphatic heterocycles. The van der Waals surface area contributed by atoms with Gasteiger partial charge >= 0.3 is 30.2 Å². The van der Waals surface area contributed by atoms with E-state index in [0.717, 1.165) is 6.92 Å². The second kappa shape index (κ2) is 6.56. The number of rotatable bonds is 4. The Labute approximate surface area is 150 Å². The lowest BCUT2D eigenvalue weighted by molar-refractivity contribution is -0.488. The minimum atomic E-state index is -7.19. The summed E-state index contributed by atoms with van der Waals surface area (Å²) in [6, 6.07) is 0. The van der Waals surface area contributed by atoms with Crippen LogP contribution in [0.4, 0.5) is 48.3 Å². The average molecular weight is 487 g/mol. The van der Waals surface area contributed by atoms with Crippen molar-refractivity contribution < 1.29 is 57.8 Å². The summed E-state index contributed by atoms with van der Waals surface area (Å²) in [4.78, 5) is 11.2. The van der Waals surface area contributed by atoms with Gasteiger partial charge in [-0.1, -0.05) is 0 Å². The molecule has 0 aromatic carbocycles. The maximum absolute atomic E-state index is 14.4. The Balaban J connectivity index is 3.66. The molecule has 0 N–H and O–H groups in total. The molecule has 1 heterocycles. The maximum atomic E-state index is 14.4. The smallest absolute Gasteiger partial charge is 0.273 e. The molecular weight excluding hydrogens is 481 g/mol. The fourth-order valence-corrected chi connectivity index (χ4v) is 2.14. The van der Waals surface area contributed by atoms with E-state index in [4.69, 9.17) is 0 Å². The van der Waals surface area contributed by atoms with Crippen LogP contribution in [0.25, 0.3) is 0 Å². The van der Waals surface area contributed by atoms with E-state index >= 15 is 0 Å². The molecule has 1 atom stereocenters. The number of ether oxygens (including phenoxy) is 1. The molecule has 0 bridgehead atoms. The van der Waals surface area contributed by atoms with Crippen molar-refractivity contribution in [1.29, 1.82) is 0 Å². The van der Waals surface area contributed by atoms with Crippen LogP contribution in [0, 0.1) is 6.92 Å². The average Bonchev–Trinajstić information content (AvgIpc) is 2.72. The summed E-state index contributed by atoms with van der Waals surface area (Å²) in [7, 11) is 0. The third-order valence-electron chi connectivity index (χ3n) is 3.00. The maximum Gasteiger partial charge on any atom is 0.462 e. The fourth-order valence-electron chi connectivity index (χ4n) is 1.64. The highest BCUT2D eigenvalue weighted by Gasteiger charge is 2.79. The van der Waals surface area contributed by atoms with Crippen molar-refractivity contribution in [2.24, 2.45) is 0 Å². The molecule has 0 amide bonds. The molecule has 0 unspecified atom stereocenters. The van der Waals surface area contributed by atoms with Gasteiger partial charge in [0.25, 0.3) is 0 Å². The molecule has 0 aliphatic rings. The van der Waals surface area contributed by atoms with E-state index in [1.54, 1.807) is 0 Å². The molecule has 1 rings (SSSR count). The summed E-state index contributed by atoms with van der Waals surface area (Å²) < 4.78 is 143. The Bertz CT molecular complexity index is 740. The van der Waals surface area contributed by atoms with Crippen molar-refractivity contribution in [2.45, 2.75) is 44.1 Å². The minimum absolute atomic E-state index is 0.0584. The van der Waals surface area contributed by atoms with Crippen LogP contribution in [-0.4, -0.2) is 40.1 Å². The van der Waals surface area contributed by atoms with Crippen LogP contribution in [0.15, 0.2) is 4.47 Å². The van der Waals surface area contributed by atoms with Gasteiger partial charge in [0, 0.05) is 6.92 Å². The standard InChI is InChI=1S/C11H6BrF11N2O2/c1-3-5(12)6(24-25(3)4(2)26)7(13,9(16,17)18)27-11(22,23)8(14,15)10(19,20)21/h1-2H3/t7-/m1/s1. The first-order valence-electron chi connectivity index (χ1n) is 6.25. The van der Waals surface area contributed by atoms with Gasteiger partial charge in [0.2, 0.25) is 5.91 Å². The van der Waals surface area contributed by atoms with Gasteiger partial charge in [-0.05, 0) is 22.9 Å². The van der Waals surface area contributed by atoms with Crippen molar-refractivity contribution >= 4 is 21.8 Å². The second-order valence-corrected chi connectivity index (χ2v) is 5.76. The van der Waals surface area contributed by atoms with Crippen LogP contribution in [0.2, 0.25) is 0 Å². The Morgan fingerprint density at radius 3 is 1.70 bits per heavy atom. The van der Waals surface area contributed by atoms with E-state index < -0.39 is 52.0 Å². The molecule has 0 aliphatic carbocycles. The van der Waals surface area contributed by atoms with Crippen LogP contribution in [0.5, 0.6) is 0 Å². The van der Waals surface area contributed by atoms with Crippen molar-refractivity contribution in [2.75, 3.05) is 0 Å². The van der Waals surface area contributed by atoms with Crippen LogP contribution < -0.4 is 0 Å². The van der Waals surface area contributed by atoms with Crippen molar-refractivity contribution in [3.63, 3.8) is 0 Å². The lowest BCUT2D eigenvalue weighted by Gasteiger charge is -2.34. The molecule has 16 heteroatoms. The Morgan fingerprint density at radius 2 is 1.41 bits per heavy atom.